The Morgan fingerprint density at radius 3 is 2.96 bits per heavy atom. The number of thioether (sulfide) groups is 1. The lowest BCUT2D eigenvalue weighted by atomic mass is 10.1. The lowest BCUT2D eigenvalue weighted by molar-refractivity contribution is -0.118. The van der Waals surface area contributed by atoms with Crippen LogP contribution >= 0.6 is 35.0 Å². The zero-order chi connectivity index (χ0) is 16.2. The molecule has 1 unspecified atom stereocenters. The molecule has 118 valence electrons. The number of amidine groups is 1. The molecule has 2 heterocycles. The van der Waals surface area contributed by atoms with Crippen LogP contribution in [0.2, 0.25) is 10.0 Å². The molecule has 0 saturated carbocycles. The number of hydrogen-bond acceptors (Lipinski definition) is 5. The van der Waals surface area contributed by atoms with E-state index in [1.807, 2.05) is 6.07 Å². The third-order valence-electron chi connectivity index (χ3n) is 3.07. The highest BCUT2D eigenvalue weighted by atomic mass is 35.5. The second-order valence-corrected chi connectivity index (χ2v) is 6.74. The summed E-state index contributed by atoms with van der Waals surface area (Å²) in [6, 6.07) is 8.76. The Morgan fingerprint density at radius 2 is 2.22 bits per heavy atom. The van der Waals surface area contributed by atoms with Gasteiger partial charge in [-0.05, 0) is 36.2 Å². The number of carbonyl (C=O) groups excluding carboxylic acids is 1. The van der Waals surface area contributed by atoms with Gasteiger partial charge >= 0.3 is 0 Å². The van der Waals surface area contributed by atoms with Gasteiger partial charge in [0.25, 0.3) is 0 Å². The Bertz CT molecular complexity index is 775. The lowest BCUT2D eigenvalue weighted by Gasteiger charge is -2.07. The molecule has 23 heavy (non-hydrogen) atoms. The number of carbonyl (C=O) groups is 1. The van der Waals surface area contributed by atoms with Crippen LogP contribution in [0.4, 0.5) is 0 Å². The van der Waals surface area contributed by atoms with Crippen molar-refractivity contribution in [3.8, 4) is 0 Å². The van der Waals surface area contributed by atoms with E-state index in [0.717, 1.165) is 5.56 Å². The first kappa shape index (κ1) is 16.1. The average Bonchev–Trinajstić information content (AvgIpc) is 3.13. The first-order valence-corrected chi connectivity index (χ1v) is 8.31. The van der Waals surface area contributed by atoms with Gasteiger partial charge in [0.1, 0.15) is 5.76 Å². The van der Waals surface area contributed by atoms with Crippen LogP contribution in [0.1, 0.15) is 11.3 Å². The van der Waals surface area contributed by atoms with E-state index in [1.165, 1.54) is 18.0 Å². The van der Waals surface area contributed by atoms with Gasteiger partial charge in [-0.3, -0.25) is 4.79 Å². The molecule has 1 aromatic heterocycles. The first-order valence-electron chi connectivity index (χ1n) is 6.68. The summed E-state index contributed by atoms with van der Waals surface area (Å²) in [5.74, 6) is 0.473. The molecule has 0 radical (unpaired) electrons. The van der Waals surface area contributed by atoms with E-state index in [-0.39, 0.29) is 11.2 Å². The number of nitrogens with zero attached hydrogens (tertiary/aromatic N) is 2. The van der Waals surface area contributed by atoms with Crippen molar-refractivity contribution in [1.82, 2.24) is 5.32 Å². The summed E-state index contributed by atoms with van der Waals surface area (Å²) < 4.78 is 5.10. The molecular weight excluding hydrogens is 357 g/mol. The Kier molecular flexibility index (Phi) is 5.05. The molecular formula is C15H11Cl2N3O2S. The zero-order valence-corrected chi connectivity index (χ0v) is 14.0. The SMILES string of the molecule is O=C1N/C(=N\N=C/c2ccco2)SC1Cc1ccc(Cl)cc1Cl. The van der Waals surface area contributed by atoms with Crippen molar-refractivity contribution in [2.75, 3.05) is 0 Å². The van der Waals surface area contributed by atoms with Crippen LogP contribution in [0.15, 0.2) is 51.2 Å². The number of benzene rings is 1. The average molecular weight is 368 g/mol. The van der Waals surface area contributed by atoms with E-state index in [0.29, 0.717) is 27.4 Å². The van der Waals surface area contributed by atoms with E-state index in [9.17, 15) is 4.79 Å². The van der Waals surface area contributed by atoms with Gasteiger partial charge in [-0.25, -0.2) is 0 Å². The van der Waals surface area contributed by atoms with Crippen LogP contribution in [-0.2, 0) is 11.2 Å². The molecule has 1 fully saturated rings. The summed E-state index contributed by atoms with van der Waals surface area (Å²) in [4.78, 5) is 12.0. The Balaban J connectivity index is 1.65. The van der Waals surface area contributed by atoms with Crippen LogP contribution < -0.4 is 5.32 Å². The zero-order valence-electron chi connectivity index (χ0n) is 11.7. The molecule has 1 N–H and O–H groups in total. The van der Waals surface area contributed by atoms with E-state index >= 15 is 0 Å². The fourth-order valence-electron chi connectivity index (χ4n) is 1.98. The van der Waals surface area contributed by atoms with Gasteiger partial charge in [0.2, 0.25) is 5.91 Å². The molecule has 2 aromatic rings. The molecule has 8 heteroatoms. The van der Waals surface area contributed by atoms with Gasteiger partial charge in [0.05, 0.1) is 17.7 Å². The van der Waals surface area contributed by atoms with E-state index in [2.05, 4.69) is 15.5 Å². The Morgan fingerprint density at radius 1 is 1.35 bits per heavy atom. The fraction of sp³-hybridized carbons (Fsp3) is 0.133. The predicted molar refractivity (Wildman–Crippen MR) is 93.4 cm³/mol. The van der Waals surface area contributed by atoms with Crippen molar-refractivity contribution < 1.29 is 9.21 Å². The molecule has 0 aliphatic carbocycles. The van der Waals surface area contributed by atoms with Crippen molar-refractivity contribution in [3.63, 3.8) is 0 Å². The van der Waals surface area contributed by atoms with Crippen LogP contribution in [0.5, 0.6) is 0 Å². The van der Waals surface area contributed by atoms with Crippen molar-refractivity contribution >= 4 is 52.3 Å². The molecule has 1 aromatic carbocycles. The third-order valence-corrected chi connectivity index (χ3v) is 4.73. The van der Waals surface area contributed by atoms with Crippen molar-refractivity contribution in [3.05, 3.63) is 58.0 Å². The van der Waals surface area contributed by atoms with Crippen LogP contribution in [0, 0.1) is 0 Å². The van der Waals surface area contributed by atoms with E-state index in [1.54, 1.807) is 30.5 Å². The summed E-state index contributed by atoms with van der Waals surface area (Å²) in [6.45, 7) is 0. The molecule has 0 bridgehead atoms. The second-order valence-electron chi connectivity index (χ2n) is 4.70. The van der Waals surface area contributed by atoms with Crippen LogP contribution in [0.25, 0.3) is 0 Å². The minimum absolute atomic E-state index is 0.118. The molecule has 1 atom stereocenters. The van der Waals surface area contributed by atoms with Gasteiger partial charge in [-0.15, -0.1) is 5.10 Å². The topological polar surface area (TPSA) is 67.0 Å². The van der Waals surface area contributed by atoms with Crippen molar-refractivity contribution in [2.24, 2.45) is 10.2 Å². The molecule has 1 amide bonds. The minimum atomic E-state index is -0.300. The molecule has 1 saturated heterocycles. The molecule has 5 nitrogen and oxygen atoms in total. The van der Waals surface area contributed by atoms with Gasteiger partial charge < -0.3 is 9.73 Å². The molecule has 1 aliphatic rings. The number of furan rings is 1. The predicted octanol–water partition coefficient (Wildman–Crippen LogP) is 3.75. The molecule has 3 rings (SSSR count). The first-order chi connectivity index (χ1) is 11.1. The molecule has 1 aliphatic heterocycles. The summed E-state index contributed by atoms with van der Waals surface area (Å²) in [5.41, 5.74) is 0.865. The number of rotatable bonds is 4. The maximum atomic E-state index is 12.0. The minimum Gasteiger partial charge on any atom is -0.463 e. The van der Waals surface area contributed by atoms with Gasteiger partial charge in [0, 0.05) is 10.0 Å². The normalized spacial score (nSPS) is 19.7. The number of hydrogen-bond donors (Lipinski definition) is 1. The monoisotopic (exact) mass is 367 g/mol. The van der Waals surface area contributed by atoms with Gasteiger partial charge in [-0.2, -0.15) is 5.10 Å². The smallest absolute Gasteiger partial charge is 0.239 e. The Labute approximate surface area is 146 Å². The number of halogens is 2. The highest BCUT2D eigenvalue weighted by Crippen LogP contribution is 2.28. The summed E-state index contributed by atoms with van der Waals surface area (Å²) >= 11 is 13.3. The Hall–Kier alpha value is -1.76. The summed E-state index contributed by atoms with van der Waals surface area (Å²) in [7, 11) is 0. The number of amides is 1. The van der Waals surface area contributed by atoms with Crippen LogP contribution in [-0.4, -0.2) is 22.5 Å². The summed E-state index contributed by atoms with van der Waals surface area (Å²) in [6.07, 6.45) is 3.52. The van der Waals surface area contributed by atoms with E-state index < -0.39 is 0 Å². The van der Waals surface area contributed by atoms with Crippen LogP contribution in [0.3, 0.4) is 0 Å². The van der Waals surface area contributed by atoms with E-state index in [4.69, 9.17) is 27.6 Å². The highest BCUT2D eigenvalue weighted by Gasteiger charge is 2.30. The quantitative estimate of drug-likeness (QED) is 0.660. The second kappa shape index (κ2) is 7.21. The summed E-state index contributed by atoms with van der Waals surface area (Å²) in [5, 5.41) is 11.8. The van der Waals surface area contributed by atoms with Gasteiger partial charge in [-0.1, -0.05) is 41.0 Å². The van der Waals surface area contributed by atoms with Gasteiger partial charge in [0.15, 0.2) is 5.17 Å². The standard InChI is InChI=1S/C15H11Cl2N3O2S/c16-10-4-3-9(12(17)7-10)6-13-14(21)19-15(23-13)20-18-8-11-2-1-5-22-11/h1-5,7-8,13H,6H2,(H,19,20,21)/b18-8-. The number of nitrogens with one attached hydrogen (secondary N) is 1. The third kappa shape index (κ3) is 4.16. The highest BCUT2D eigenvalue weighted by molar-refractivity contribution is 8.15. The van der Waals surface area contributed by atoms with Crippen molar-refractivity contribution in [2.45, 2.75) is 11.7 Å². The largest absolute Gasteiger partial charge is 0.463 e. The maximum Gasteiger partial charge on any atom is 0.239 e. The van der Waals surface area contributed by atoms with Crippen molar-refractivity contribution in [1.29, 1.82) is 0 Å². The maximum absolute atomic E-state index is 12.0. The molecule has 0 spiro atoms. The lowest BCUT2D eigenvalue weighted by Crippen LogP contribution is -2.26. The fourth-order valence-corrected chi connectivity index (χ4v) is 3.41.